The van der Waals surface area contributed by atoms with Crippen LogP contribution in [0.15, 0.2) is 24.3 Å². The molecule has 2 aromatic rings. The van der Waals surface area contributed by atoms with Crippen LogP contribution < -0.4 is 20.9 Å². The van der Waals surface area contributed by atoms with E-state index in [-0.39, 0.29) is 6.03 Å². The summed E-state index contributed by atoms with van der Waals surface area (Å²) in [5, 5.41) is 9.04. The average molecular weight is 383 g/mol. The number of urea groups is 1. The van der Waals surface area contributed by atoms with Crippen molar-refractivity contribution in [1.29, 1.82) is 0 Å². The van der Waals surface area contributed by atoms with Crippen LogP contribution in [0.3, 0.4) is 0 Å². The number of nitrogens with one attached hydrogen (secondary N) is 3. The molecule has 0 spiro atoms. The fraction of sp³-hybridized carbons (Fsp3) is 0.476. The molecule has 1 fully saturated rings. The molecule has 28 heavy (non-hydrogen) atoms. The Balaban J connectivity index is 1.47. The Bertz CT molecular complexity index is 817. The summed E-state index contributed by atoms with van der Waals surface area (Å²) in [7, 11) is 0. The van der Waals surface area contributed by atoms with Gasteiger partial charge in [0, 0.05) is 37.9 Å². The van der Waals surface area contributed by atoms with Crippen LogP contribution in [0.2, 0.25) is 0 Å². The summed E-state index contributed by atoms with van der Waals surface area (Å²) in [6.45, 7) is 9.13. The van der Waals surface area contributed by atoms with Crippen molar-refractivity contribution < 1.29 is 4.79 Å². The van der Waals surface area contributed by atoms with E-state index in [0.29, 0.717) is 13.1 Å². The maximum absolute atomic E-state index is 12.1. The minimum atomic E-state index is -0.207. The lowest BCUT2D eigenvalue weighted by atomic mass is 10.1. The molecule has 1 saturated heterocycles. The largest absolute Gasteiger partial charge is 0.368 e. The molecule has 150 valence electrons. The first-order chi connectivity index (χ1) is 13.5. The van der Waals surface area contributed by atoms with Crippen molar-refractivity contribution in [2.75, 3.05) is 41.7 Å². The Kier molecular flexibility index (Phi) is 6.68. The van der Waals surface area contributed by atoms with Gasteiger partial charge in [-0.25, -0.2) is 14.8 Å². The van der Waals surface area contributed by atoms with E-state index in [4.69, 9.17) is 0 Å². The quantitative estimate of drug-likeness (QED) is 0.665. The predicted octanol–water partition coefficient (Wildman–Crippen LogP) is 3.63. The fourth-order valence-electron chi connectivity index (χ4n) is 3.41. The smallest absolute Gasteiger partial charge is 0.319 e. The number of amides is 2. The summed E-state index contributed by atoms with van der Waals surface area (Å²) in [5.74, 6) is 2.53. The minimum Gasteiger partial charge on any atom is -0.368 e. The molecule has 0 atom stereocenters. The zero-order chi connectivity index (χ0) is 19.9. The van der Waals surface area contributed by atoms with Crippen LogP contribution in [0.5, 0.6) is 0 Å². The molecule has 3 rings (SSSR count). The molecule has 2 heterocycles. The van der Waals surface area contributed by atoms with Crippen LogP contribution in [-0.4, -0.2) is 42.2 Å². The highest BCUT2D eigenvalue weighted by Gasteiger charge is 2.13. The van der Waals surface area contributed by atoms with E-state index < -0.39 is 0 Å². The first kappa shape index (κ1) is 19.9. The Morgan fingerprint density at radius 1 is 1.04 bits per heavy atom. The van der Waals surface area contributed by atoms with E-state index in [1.54, 1.807) is 0 Å². The number of piperidine rings is 1. The molecule has 0 aliphatic carbocycles. The van der Waals surface area contributed by atoms with E-state index in [9.17, 15) is 4.79 Å². The van der Waals surface area contributed by atoms with Gasteiger partial charge in [-0.3, -0.25) is 0 Å². The second kappa shape index (κ2) is 9.39. The first-order valence-electron chi connectivity index (χ1n) is 9.98. The summed E-state index contributed by atoms with van der Waals surface area (Å²) < 4.78 is 0. The molecule has 7 nitrogen and oxygen atoms in total. The minimum absolute atomic E-state index is 0.207. The average Bonchev–Trinajstić information content (AvgIpc) is 2.68. The van der Waals surface area contributed by atoms with Crippen LogP contribution in [0.1, 0.15) is 36.2 Å². The molecule has 0 unspecified atom stereocenters. The topological polar surface area (TPSA) is 82.2 Å². The summed E-state index contributed by atoms with van der Waals surface area (Å²) in [4.78, 5) is 23.4. The van der Waals surface area contributed by atoms with Gasteiger partial charge < -0.3 is 20.9 Å². The van der Waals surface area contributed by atoms with Gasteiger partial charge in [-0.2, -0.15) is 0 Å². The number of carbonyl (C=O) groups is 1. The maximum Gasteiger partial charge on any atom is 0.319 e. The Labute approximate surface area is 167 Å². The molecule has 3 N–H and O–H groups in total. The van der Waals surface area contributed by atoms with Gasteiger partial charge in [-0.15, -0.1) is 0 Å². The van der Waals surface area contributed by atoms with Crippen molar-refractivity contribution in [2.45, 2.75) is 40.0 Å². The highest BCUT2D eigenvalue weighted by atomic mass is 16.2. The number of hydrogen-bond acceptors (Lipinski definition) is 5. The standard InChI is InChI=1S/C21H30N6O/c1-15-7-8-18(16(2)13-15)26-21(28)23-10-9-22-19-14-20(25-17(3)24-19)27-11-5-4-6-12-27/h7-8,13-14H,4-6,9-12H2,1-3H3,(H,22,24,25)(H2,23,26,28). The van der Waals surface area contributed by atoms with Gasteiger partial charge in [0.1, 0.15) is 17.5 Å². The molecule has 1 aliphatic rings. The van der Waals surface area contributed by atoms with E-state index in [1.165, 1.54) is 24.8 Å². The first-order valence-corrected chi connectivity index (χ1v) is 9.98. The lowest BCUT2D eigenvalue weighted by Gasteiger charge is -2.28. The van der Waals surface area contributed by atoms with Crippen LogP contribution in [-0.2, 0) is 0 Å². The molecule has 1 aromatic carbocycles. The van der Waals surface area contributed by atoms with Gasteiger partial charge in [-0.1, -0.05) is 17.7 Å². The second-order valence-corrected chi connectivity index (χ2v) is 7.33. The van der Waals surface area contributed by atoms with Gasteiger partial charge >= 0.3 is 6.03 Å². The van der Waals surface area contributed by atoms with Crippen molar-refractivity contribution in [3.63, 3.8) is 0 Å². The monoisotopic (exact) mass is 382 g/mol. The van der Waals surface area contributed by atoms with Crippen LogP contribution in [0, 0.1) is 20.8 Å². The fourth-order valence-corrected chi connectivity index (χ4v) is 3.41. The normalized spacial score (nSPS) is 13.9. The zero-order valence-corrected chi connectivity index (χ0v) is 17.0. The maximum atomic E-state index is 12.1. The number of carbonyl (C=O) groups excluding carboxylic acids is 1. The Morgan fingerprint density at radius 3 is 2.57 bits per heavy atom. The number of anilines is 3. The molecular formula is C21H30N6O. The van der Waals surface area contributed by atoms with Gasteiger partial charge in [0.25, 0.3) is 0 Å². The third-order valence-corrected chi connectivity index (χ3v) is 4.85. The highest BCUT2D eigenvalue weighted by Crippen LogP contribution is 2.20. The second-order valence-electron chi connectivity index (χ2n) is 7.33. The van der Waals surface area contributed by atoms with Crippen LogP contribution in [0.4, 0.5) is 22.1 Å². The van der Waals surface area contributed by atoms with Crippen molar-refractivity contribution in [3.05, 3.63) is 41.2 Å². The lowest BCUT2D eigenvalue weighted by molar-refractivity contribution is 0.252. The summed E-state index contributed by atoms with van der Waals surface area (Å²) in [5.41, 5.74) is 3.06. The van der Waals surface area contributed by atoms with Gasteiger partial charge in [-0.05, 0) is 51.7 Å². The SMILES string of the molecule is Cc1ccc(NC(=O)NCCNc2cc(N3CCCCC3)nc(C)n2)c(C)c1. The number of rotatable bonds is 6. The third-order valence-electron chi connectivity index (χ3n) is 4.85. The molecule has 7 heteroatoms. The summed E-state index contributed by atoms with van der Waals surface area (Å²) in [6, 6.07) is 7.75. The summed E-state index contributed by atoms with van der Waals surface area (Å²) in [6.07, 6.45) is 3.72. The van der Waals surface area contributed by atoms with Crippen molar-refractivity contribution in [1.82, 2.24) is 15.3 Å². The number of aromatic nitrogens is 2. The van der Waals surface area contributed by atoms with Gasteiger partial charge in [0.2, 0.25) is 0 Å². The number of benzene rings is 1. The number of aryl methyl sites for hydroxylation is 3. The van der Waals surface area contributed by atoms with Gasteiger partial charge in [0.15, 0.2) is 0 Å². The predicted molar refractivity (Wildman–Crippen MR) is 114 cm³/mol. The lowest BCUT2D eigenvalue weighted by Crippen LogP contribution is -2.33. The Morgan fingerprint density at radius 2 is 1.82 bits per heavy atom. The van der Waals surface area contributed by atoms with Crippen molar-refractivity contribution >= 4 is 23.4 Å². The van der Waals surface area contributed by atoms with Crippen molar-refractivity contribution in [3.8, 4) is 0 Å². The van der Waals surface area contributed by atoms with E-state index >= 15 is 0 Å². The molecular weight excluding hydrogens is 352 g/mol. The summed E-state index contributed by atoms with van der Waals surface area (Å²) >= 11 is 0. The highest BCUT2D eigenvalue weighted by molar-refractivity contribution is 5.90. The van der Waals surface area contributed by atoms with Gasteiger partial charge in [0.05, 0.1) is 0 Å². The van der Waals surface area contributed by atoms with E-state index in [0.717, 1.165) is 41.8 Å². The molecule has 2 amide bonds. The van der Waals surface area contributed by atoms with Crippen LogP contribution in [0.25, 0.3) is 0 Å². The van der Waals surface area contributed by atoms with Crippen LogP contribution >= 0.6 is 0 Å². The molecule has 0 radical (unpaired) electrons. The number of hydrogen-bond donors (Lipinski definition) is 3. The molecule has 0 bridgehead atoms. The molecule has 1 aliphatic heterocycles. The van der Waals surface area contributed by atoms with E-state index in [1.807, 2.05) is 39.0 Å². The molecule has 1 aromatic heterocycles. The zero-order valence-electron chi connectivity index (χ0n) is 17.0. The third kappa shape index (κ3) is 5.58. The number of nitrogens with zero attached hydrogens (tertiary/aromatic N) is 3. The van der Waals surface area contributed by atoms with E-state index in [2.05, 4.69) is 36.9 Å². The molecule has 0 saturated carbocycles. The van der Waals surface area contributed by atoms with Crippen molar-refractivity contribution in [2.24, 2.45) is 0 Å². The Hall–Kier alpha value is -2.83.